The van der Waals surface area contributed by atoms with Crippen molar-refractivity contribution >= 4 is 12.0 Å². The highest BCUT2D eigenvalue weighted by Gasteiger charge is 2.26. The summed E-state index contributed by atoms with van der Waals surface area (Å²) in [6.45, 7) is 1.01. The van der Waals surface area contributed by atoms with Crippen LogP contribution in [-0.2, 0) is 4.79 Å². The van der Waals surface area contributed by atoms with Gasteiger partial charge in [-0.25, -0.2) is 0 Å². The Morgan fingerprint density at radius 1 is 1.33 bits per heavy atom. The SMILES string of the molecule is O=CC1CCN1c1ccccc1. The largest absolute Gasteiger partial charge is 0.362 e. The van der Waals surface area contributed by atoms with Gasteiger partial charge in [0.2, 0.25) is 0 Å². The molecule has 2 nitrogen and oxygen atoms in total. The van der Waals surface area contributed by atoms with Crippen LogP contribution in [0.2, 0.25) is 0 Å². The van der Waals surface area contributed by atoms with Crippen LogP contribution in [0.15, 0.2) is 30.3 Å². The van der Waals surface area contributed by atoms with Gasteiger partial charge in [0.1, 0.15) is 6.29 Å². The van der Waals surface area contributed by atoms with E-state index in [2.05, 4.69) is 4.90 Å². The van der Waals surface area contributed by atoms with Gasteiger partial charge in [-0.05, 0) is 18.6 Å². The Morgan fingerprint density at radius 3 is 2.58 bits per heavy atom. The molecule has 1 heterocycles. The van der Waals surface area contributed by atoms with Crippen LogP contribution in [0, 0.1) is 0 Å². The van der Waals surface area contributed by atoms with Crippen LogP contribution < -0.4 is 4.90 Å². The second-order valence-electron chi connectivity index (χ2n) is 3.02. The molecule has 0 radical (unpaired) electrons. The Hall–Kier alpha value is -1.31. The van der Waals surface area contributed by atoms with E-state index in [1.54, 1.807) is 0 Å². The first-order valence-electron chi connectivity index (χ1n) is 4.19. The molecule has 1 atom stereocenters. The zero-order valence-corrected chi connectivity index (χ0v) is 6.81. The van der Waals surface area contributed by atoms with Crippen molar-refractivity contribution in [2.75, 3.05) is 11.4 Å². The maximum absolute atomic E-state index is 10.5. The smallest absolute Gasteiger partial charge is 0.142 e. The zero-order valence-electron chi connectivity index (χ0n) is 6.81. The van der Waals surface area contributed by atoms with Gasteiger partial charge in [0.25, 0.3) is 0 Å². The number of rotatable bonds is 2. The average molecular weight is 161 g/mol. The summed E-state index contributed by atoms with van der Waals surface area (Å²) in [7, 11) is 0. The molecule has 12 heavy (non-hydrogen) atoms. The normalized spacial score (nSPS) is 21.7. The number of para-hydroxylation sites is 1. The Kier molecular flexibility index (Phi) is 1.82. The topological polar surface area (TPSA) is 20.3 Å². The van der Waals surface area contributed by atoms with Crippen LogP contribution in [0.4, 0.5) is 5.69 Å². The highest BCUT2D eigenvalue weighted by atomic mass is 16.1. The maximum atomic E-state index is 10.5. The molecule has 1 aromatic rings. The summed E-state index contributed by atoms with van der Waals surface area (Å²) >= 11 is 0. The van der Waals surface area contributed by atoms with E-state index in [0.29, 0.717) is 0 Å². The molecule has 1 fully saturated rings. The molecule has 62 valence electrons. The Bertz CT molecular complexity index is 270. The molecule has 0 spiro atoms. The number of carbonyl (C=O) groups is 1. The maximum Gasteiger partial charge on any atom is 0.142 e. The number of benzene rings is 1. The quantitative estimate of drug-likeness (QED) is 0.612. The summed E-state index contributed by atoms with van der Waals surface area (Å²) in [4.78, 5) is 12.6. The van der Waals surface area contributed by atoms with Crippen LogP contribution >= 0.6 is 0 Å². The van der Waals surface area contributed by atoms with Gasteiger partial charge >= 0.3 is 0 Å². The third-order valence-electron chi connectivity index (χ3n) is 2.31. The van der Waals surface area contributed by atoms with Crippen molar-refractivity contribution in [2.24, 2.45) is 0 Å². The standard InChI is InChI=1S/C10H11NO/c12-8-10-6-7-11(10)9-4-2-1-3-5-9/h1-5,8,10H,6-7H2. The number of nitrogens with zero attached hydrogens (tertiary/aromatic N) is 1. The molecular formula is C10H11NO. The molecule has 0 aromatic heterocycles. The molecule has 1 saturated heterocycles. The minimum Gasteiger partial charge on any atom is -0.362 e. The fourth-order valence-corrected chi connectivity index (χ4v) is 1.49. The first-order valence-corrected chi connectivity index (χ1v) is 4.19. The number of carbonyl (C=O) groups excluding carboxylic acids is 1. The van der Waals surface area contributed by atoms with Gasteiger partial charge in [-0.15, -0.1) is 0 Å². The second-order valence-corrected chi connectivity index (χ2v) is 3.02. The Labute approximate surface area is 71.8 Å². The number of hydrogen-bond acceptors (Lipinski definition) is 2. The van der Waals surface area contributed by atoms with Crippen molar-refractivity contribution in [3.05, 3.63) is 30.3 Å². The van der Waals surface area contributed by atoms with E-state index in [1.807, 2.05) is 30.3 Å². The van der Waals surface area contributed by atoms with Gasteiger partial charge in [-0.2, -0.15) is 0 Å². The number of hydrogen-bond donors (Lipinski definition) is 0. The third-order valence-corrected chi connectivity index (χ3v) is 2.31. The molecule has 1 aliphatic rings. The van der Waals surface area contributed by atoms with E-state index in [-0.39, 0.29) is 6.04 Å². The van der Waals surface area contributed by atoms with Crippen molar-refractivity contribution in [1.82, 2.24) is 0 Å². The predicted octanol–water partition coefficient (Wildman–Crippen LogP) is 1.46. The molecule has 1 aliphatic heterocycles. The zero-order chi connectivity index (χ0) is 8.39. The van der Waals surface area contributed by atoms with Gasteiger partial charge in [-0.3, -0.25) is 0 Å². The average Bonchev–Trinajstić information content (AvgIpc) is 2.05. The van der Waals surface area contributed by atoms with E-state index in [1.165, 1.54) is 0 Å². The molecule has 2 heteroatoms. The molecule has 2 rings (SSSR count). The van der Waals surface area contributed by atoms with Crippen LogP contribution in [0.25, 0.3) is 0 Å². The highest BCUT2D eigenvalue weighted by molar-refractivity contribution is 5.69. The van der Waals surface area contributed by atoms with Crippen LogP contribution in [0.3, 0.4) is 0 Å². The number of anilines is 1. The first-order chi connectivity index (χ1) is 5.92. The fraction of sp³-hybridized carbons (Fsp3) is 0.300. The molecule has 1 aromatic carbocycles. The Balaban J connectivity index is 2.16. The van der Waals surface area contributed by atoms with E-state index in [4.69, 9.17) is 0 Å². The first kappa shape index (κ1) is 7.35. The van der Waals surface area contributed by atoms with Gasteiger partial charge in [-0.1, -0.05) is 18.2 Å². The van der Waals surface area contributed by atoms with Gasteiger partial charge < -0.3 is 9.69 Å². The highest BCUT2D eigenvalue weighted by Crippen LogP contribution is 2.24. The van der Waals surface area contributed by atoms with Crippen molar-refractivity contribution in [3.63, 3.8) is 0 Å². The van der Waals surface area contributed by atoms with Crippen molar-refractivity contribution in [1.29, 1.82) is 0 Å². The lowest BCUT2D eigenvalue weighted by Crippen LogP contribution is -2.48. The molecule has 0 N–H and O–H groups in total. The van der Waals surface area contributed by atoms with Crippen LogP contribution in [-0.4, -0.2) is 18.9 Å². The summed E-state index contributed by atoms with van der Waals surface area (Å²) in [6, 6.07) is 10.2. The molecular weight excluding hydrogens is 150 g/mol. The van der Waals surface area contributed by atoms with Gasteiger partial charge in [0, 0.05) is 12.2 Å². The lowest BCUT2D eigenvalue weighted by molar-refractivity contribution is -0.109. The summed E-state index contributed by atoms with van der Waals surface area (Å²) in [5, 5.41) is 0. The van der Waals surface area contributed by atoms with Crippen LogP contribution in [0.1, 0.15) is 6.42 Å². The molecule has 0 bridgehead atoms. The van der Waals surface area contributed by atoms with Gasteiger partial charge in [0.05, 0.1) is 6.04 Å². The molecule has 0 aliphatic carbocycles. The van der Waals surface area contributed by atoms with E-state index >= 15 is 0 Å². The van der Waals surface area contributed by atoms with E-state index in [0.717, 1.165) is 24.9 Å². The molecule has 0 amide bonds. The fourth-order valence-electron chi connectivity index (χ4n) is 1.49. The van der Waals surface area contributed by atoms with Crippen molar-refractivity contribution < 1.29 is 4.79 Å². The predicted molar refractivity (Wildman–Crippen MR) is 48.3 cm³/mol. The summed E-state index contributed by atoms with van der Waals surface area (Å²) < 4.78 is 0. The minimum atomic E-state index is 0.118. The molecule has 0 saturated carbocycles. The second kappa shape index (κ2) is 2.97. The minimum absolute atomic E-state index is 0.118. The third kappa shape index (κ3) is 1.09. The lowest BCUT2D eigenvalue weighted by atomic mass is 10.0. The van der Waals surface area contributed by atoms with Crippen molar-refractivity contribution in [3.8, 4) is 0 Å². The molecule has 1 unspecified atom stereocenters. The summed E-state index contributed by atoms with van der Waals surface area (Å²) in [5.74, 6) is 0. The van der Waals surface area contributed by atoms with E-state index in [9.17, 15) is 4.79 Å². The summed E-state index contributed by atoms with van der Waals surface area (Å²) in [5.41, 5.74) is 1.15. The monoisotopic (exact) mass is 161 g/mol. The Morgan fingerprint density at radius 2 is 2.08 bits per heavy atom. The lowest BCUT2D eigenvalue weighted by Gasteiger charge is -2.39. The van der Waals surface area contributed by atoms with Gasteiger partial charge in [0.15, 0.2) is 0 Å². The van der Waals surface area contributed by atoms with Crippen LogP contribution in [0.5, 0.6) is 0 Å². The summed E-state index contributed by atoms with van der Waals surface area (Å²) in [6.07, 6.45) is 2.02. The van der Waals surface area contributed by atoms with E-state index < -0.39 is 0 Å². The number of aldehydes is 1. The van der Waals surface area contributed by atoms with Crippen molar-refractivity contribution in [2.45, 2.75) is 12.5 Å².